The average Bonchev–Trinajstić information content (AvgIpc) is 2.90. The van der Waals surface area contributed by atoms with Crippen molar-refractivity contribution in [3.8, 4) is 11.5 Å². The van der Waals surface area contributed by atoms with Gasteiger partial charge >= 0.3 is 0 Å². The molecule has 12 heteroatoms. The van der Waals surface area contributed by atoms with Gasteiger partial charge in [-0.05, 0) is 80.4 Å². The number of anilines is 1. The summed E-state index contributed by atoms with van der Waals surface area (Å²) in [6, 6.07) is 13.8. The van der Waals surface area contributed by atoms with Crippen LogP contribution in [0.15, 0.2) is 71.8 Å². The van der Waals surface area contributed by atoms with Crippen molar-refractivity contribution in [3.05, 3.63) is 88.7 Å². The lowest BCUT2D eigenvalue weighted by Crippen LogP contribution is -2.29. The van der Waals surface area contributed by atoms with Gasteiger partial charge in [0.25, 0.3) is 11.5 Å². The van der Waals surface area contributed by atoms with Gasteiger partial charge < -0.3 is 14.8 Å². The first-order valence-electron chi connectivity index (χ1n) is 11.9. The zero-order chi connectivity index (χ0) is 29.2. The zero-order valence-electron chi connectivity index (χ0n) is 21.9. The Kier molecular flexibility index (Phi) is 9.39. The van der Waals surface area contributed by atoms with E-state index >= 15 is 0 Å². The monoisotopic (exact) mass is 752 g/mol. The number of aromatic nitrogens is 2. The van der Waals surface area contributed by atoms with Crippen LogP contribution < -0.4 is 20.3 Å². The molecule has 40 heavy (non-hydrogen) atoms. The number of nitrogens with one attached hydrogen (secondary N) is 1. The molecule has 0 bridgehead atoms. The van der Waals surface area contributed by atoms with E-state index in [0.29, 0.717) is 53.4 Å². The van der Waals surface area contributed by atoms with Crippen LogP contribution in [0, 0.1) is 0 Å². The van der Waals surface area contributed by atoms with Gasteiger partial charge in [0.05, 0.1) is 28.7 Å². The van der Waals surface area contributed by atoms with Crippen LogP contribution in [0.2, 0.25) is 5.02 Å². The smallest absolute Gasteiger partial charge is 0.282 e. The van der Waals surface area contributed by atoms with E-state index in [-0.39, 0.29) is 18.1 Å². The van der Waals surface area contributed by atoms with E-state index in [2.05, 4.69) is 58.2 Å². The molecule has 0 aliphatic carbocycles. The Morgan fingerprint density at radius 1 is 1.10 bits per heavy atom. The molecule has 0 aliphatic rings. The summed E-state index contributed by atoms with van der Waals surface area (Å²) in [5.74, 6) is 0.835. The van der Waals surface area contributed by atoms with E-state index in [4.69, 9.17) is 26.1 Å². The number of ether oxygens (including phenoxy) is 2. The summed E-state index contributed by atoms with van der Waals surface area (Å²) in [7, 11) is 1.49. The fraction of sp³-hybridized carbons (Fsp3) is 0.214. The Morgan fingerprint density at radius 3 is 2.45 bits per heavy atom. The lowest BCUT2D eigenvalue weighted by Gasteiger charge is -2.21. The molecule has 0 saturated heterocycles. The van der Waals surface area contributed by atoms with Gasteiger partial charge in [-0.25, -0.2) is 4.98 Å². The lowest BCUT2D eigenvalue weighted by molar-refractivity contribution is -0.118. The van der Waals surface area contributed by atoms with Crippen LogP contribution >= 0.6 is 59.4 Å². The van der Waals surface area contributed by atoms with Crippen LogP contribution in [0.25, 0.3) is 10.9 Å². The zero-order valence-corrected chi connectivity index (χ0v) is 27.4. The first kappa shape index (κ1) is 30.2. The highest BCUT2D eigenvalue weighted by Gasteiger charge is 2.23. The lowest BCUT2D eigenvalue weighted by atomic mass is 9.95. The fourth-order valence-corrected chi connectivity index (χ4v) is 5.14. The van der Waals surface area contributed by atoms with Crippen LogP contribution in [-0.4, -0.2) is 35.5 Å². The highest BCUT2D eigenvalue weighted by Crippen LogP contribution is 2.42. The summed E-state index contributed by atoms with van der Waals surface area (Å²) in [6.07, 6.45) is 1.54. The fourth-order valence-electron chi connectivity index (χ4n) is 3.71. The van der Waals surface area contributed by atoms with E-state index < -0.39 is 5.41 Å². The molecule has 1 amide bonds. The van der Waals surface area contributed by atoms with Crippen LogP contribution in [0.5, 0.6) is 11.5 Å². The van der Waals surface area contributed by atoms with Gasteiger partial charge in [-0.1, -0.05) is 48.3 Å². The molecule has 8 nitrogen and oxygen atoms in total. The molecular weight excluding hydrogens is 731 g/mol. The SMILES string of the molecule is COc1cc(C=Nn2c(C(C)(C)C)nc3ccc(Br)cc3c2=O)c(Br)c(Br)c1OCC(=O)Nc1ccc(Cl)cc1. The van der Waals surface area contributed by atoms with Crippen LogP contribution in [0.1, 0.15) is 32.2 Å². The largest absolute Gasteiger partial charge is 0.493 e. The van der Waals surface area contributed by atoms with Crippen molar-refractivity contribution in [1.82, 2.24) is 9.66 Å². The molecule has 0 atom stereocenters. The summed E-state index contributed by atoms with van der Waals surface area (Å²) in [5, 5.41) is 8.30. The number of carbonyl (C=O) groups is 1. The highest BCUT2D eigenvalue weighted by atomic mass is 79.9. The summed E-state index contributed by atoms with van der Waals surface area (Å²) in [5.41, 5.74) is 1.04. The first-order chi connectivity index (χ1) is 18.9. The summed E-state index contributed by atoms with van der Waals surface area (Å²) in [6.45, 7) is 5.64. The molecule has 1 N–H and O–H groups in total. The Labute approximate surface area is 261 Å². The van der Waals surface area contributed by atoms with Gasteiger partial charge in [0.2, 0.25) is 0 Å². The molecule has 0 unspecified atom stereocenters. The predicted molar refractivity (Wildman–Crippen MR) is 169 cm³/mol. The summed E-state index contributed by atoms with van der Waals surface area (Å²) < 4.78 is 14.5. The number of fused-ring (bicyclic) bond motifs is 1. The number of nitrogens with zero attached hydrogens (tertiary/aromatic N) is 3. The molecule has 0 saturated carbocycles. The van der Waals surface area contributed by atoms with Gasteiger partial charge in [-0.3, -0.25) is 9.59 Å². The van der Waals surface area contributed by atoms with Crippen molar-refractivity contribution < 1.29 is 14.3 Å². The third-order valence-electron chi connectivity index (χ3n) is 5.64. The number of carbonyl (C=O) groups excluding carboxylic acids is 1. The Hall–Kier alpha value is -2.73. The molecule has 1 heterocycles. The van der Waals surface area contributed by atoms with Crippen LogP contribution in [-0.2, 0) is 10.2 Å². The number of rotatable bonds is 7. The van der Waals surface area contributed by atoms with Crippen molar-refractivity contribution in [2.24, 2.45) is 5.10 Å². The standard InChI is InChI=1S/C28H24Br3ClN4O4/c1-28(2,3)27-35-20-10-5-16(29)12-19(20)26(38)36(27)33-13-15-11-21(39-4)25(24(31)23(15)30)40-14-22(37)34-18-8-6-17(32)7-9-18/h5-13H,14H2,1-4H3,(H,34,37). The van der Waals surface area contributed by atoms with Gasteiger partial charge in [-0.15, -0.1) is 0 Å². The van der Waals surface area contributed by atoms with Gasteiger partial charge in [0, 0.05) is 30.6 Å². The molecular formula is C28H24Br3ClN4O4. The van der Waals surface area contributed by atoms with Crippen molar-refractivity contribution in [2.45, 2.75) is 26.2 Å². The van der Waals surface area contributed by atoms with E-state index in [1.54, 1.807) is 42.5 Å². The predicted octanol–water partition coefficient (Wildman–Crippen LogP) is 7.54. The van der Waals surface area contributed by atoms with Crippen molar-refractivity contribution in [1.29, 1.82) is 0 Å². The number of benzene rings is 3. The molecule has 4 aromatic rings. The molecule has 0 fully saturated rings. The first-order valence-corrected chi connectivity index (χ1v) is 14.7. The molecule has 1 aromatic heterocycles. The van der Waals surface area contributed by atoms with E-state index in [0.717, 1.165) is 4.47 Å². The van der Waals surface area contributed by atoms with Crippen molar-refractivity contribution >= 4 is 88.1 Å². The van der Waals surface area contributed by atoms with E-state index in [1.165, 1.54) is 18.0 Å². The molecule has 208 valence electrons. The van der Waals surface area contributed by atoms with Gasteiger partial charge in [-0.2, -0.15) is 9.78 Å². The molecule has 4 rings (SSSR count). The Balaban J connectivity index is 1.66. The van der Waals surface area contributed by atoms with Crippen LogP contribution in [0.3, 0.4) is 0 Å². The Bertz CT molecular complexity index is 1680. The molecule has 0 radical (unpaired) electrons. The minimum atomic E-state index is -0.461. The quantitative estimate of drug-likeness (QED) is 0.197. The number of amides is 1. The maximum absolute atomic E-state index is 13.5. The second-order valence-electron chi connectivity index (χ2n) is 9.68. The summed E-state index contributed by atoms with van der Waals surface area (Å²) in [4.78, 5) is 30.7. The summed E-state index contributed by atoms with van der Waals surface area (Å²) >= 11 is 16.4. The number of hydrogen-bond acceptors (Lipinski definition) is 6. The molecule has 0 spiro atoms. The third-order valence-corrected chi connectivity index (χ3v) is 8.53. The molecule has 3 aromatic carbocycles. The number of halogens is 4. The number of methoxy groups -OCH3 is 1. The highest BCUT2D eigenvalue weighted by molar-refractivity contribution is 9.13. The maximum Gasteiger partial charge on any atom is 0.282 e. The van der Waals surface area contributed by atoms with E-state index in [9.17, 15) is 9.59 Å². The topological polar surface area (TPSA) is 94.8 Å². The van der Waals surface area contributed by atoms with Gasteiger partial charge in [0.1, 0.15) is 5.82 Å². The second kappa shape index (κ2) is 12.4. The van der Waals surface area contributed by atoms with E-state index in [1.807, 2.05) is 26.8 Å². The second-order valence-corrected chi connectivity index (χ2v) is 12.6. The minimum Gasteiger partial charge on any atom is -0.493 e. The Morgan fingerprint density at radius 2 is 1.80 bits per heavy atom. The number of hydrogen-bond donors (Lipinski definition) is 1. The molecule has 0 aliphatic heterocycles. The normalized spacial score (nSPS) is 11.7. The average molecular weight is 756 g/mol. The van der Waals surface area contributed by atoms with Crippen molar-refractivity contribution in [3.63, 3.8) is 0 Å². The maximum atomic E-state index is 13.5. The van der Waals surface area contributed by atoms with Crippen LogP contribution in [0.4, 0.5) is 5.69 Å². The van der Waals surface area contributed by atoms with Crippen molar-refractivity contribution in [2.75, 3.05) is 19.0 Å². The minimum absolute atomic E-state index is 0.264. The third kappa shape index (κ3) is 6.76. The van der Waals surface area contributed by atoms with Gasteiger partial charge in [0.15, 0.2) is 18.1 Å².